The van der Waals surface area contributed by atoms with E-state index < -0.39 is 0 Å². The fourth-order valence-corrected chi connectivity index (χ4v) is 5.52. The third-order valence-corrected chi connectivity index (χ3v) is 7.58. The number of nitrogens with zero attached hydrogens (tertiary/aromatic N) is 4. The summed E-state index contributed by atoms with van der Waals surface area (Å²) in [5.41, 5.74) is 4.45. The van der Waals surface area contributed by atoms with Gasteiger partial charge in [-0.05, 0) is 36.1 Å². The van der Waals surface area contributed by atoms with Gasteiger partial charge in [-0.25, -0.2) is 0 Å². The van der Waals surface area contributed by atoms with Crippen molar-refractivity contribution in [2.75, 3.05) is 64.4 Å². The minimum absolute atomic E-state index is 0. The summed E-state index contributed by atoms with van der Waals surface area (Å²) in [5, 5.41) is 3.65. The highest BCUT2D eigenvalue weighted by Crippen LogP contribution is 2.38. The van der Waals surface area contributed by atoms with Crippen LogP contribution in [0.1, 0.15) is 24.0 Å². The Labute approximate surface area is 221 Å². The van der Waals surface area contributed by atoms with E-state index in [0.29, 0.717) is 5.41 Å². The van der Waals surface area contributed by atoms with Gasteiger partial charge < -0.3 is 19.9 Å². The van der Waals surface area contributed by atoms with Crippen molar-refractivity contribution in [3.63, 3.8) is 0 Å². The lowest BCUT2D eigenvalue weighted by Gasteiger charge is -2.36. The molecular weight excluding hydrogens is 537 g/mol. The number of anilines is 1. The standard InChI is InChI=1S/C27H37N5O.HI/c1-28-26(32-13-11-27(21-32)12-18-33-22-27)29-19-23-7-5-6-8-24(23)20-30-14-16-31(17-15-30)25-9-3-2-4-10-25;/h2-10H,11-22H2,1H3,(H,28,29);1H. The normalized spacial score (nSPS) is 23.4. The Hall–Kier alpha value is -1.84. The van der Waals surface area contributed by atoms with E-state index in [9.17, 15) is 0 Å². The number of likely N-dealkylation sites (tertiary alicyclic amines) is 1. The molecule has 34 heavy (non-hydrogen) atoms. The summed E-state index contributed by atoms with van der Waals surface area (Å²) in [5.74, 6) is 1.02. The Morgan fingerprint density at radius 3 is 2.38 bits per heavy atom. The number of aliphatic imine (C=N–C) groups is 1. The minimum atomic E-state index is 0. The van der Waals surface area contributed by atoms with Gasteiger partial charge in [-0.1, -0.05) is 42.5 Å². The summed E-state index contributed by atoms with van der Waals surface area (Å²) in [7, 11) is 1.90. The van der Waals surface area contributed by atoms with Crippen LogP contribution in [0.2, 0.25) is 0 Å². The number of hydrogen-bond acceptors (Lipinski definition) is 4. The van der Waals surface area contributed by atoms with Gasteiger partial charge in [0, 0.05) is 77.1 Å². The van der Waals surface area contributed by atoms with Gasteiger partial charge in [0.15, 0.2) is 5.96 Å². The molecule has 7 heteroatoms. The zero-order valence-corrected chi connectivity index (χ0v) is 22.6. The zero-order valence-electron chi connectivity index (χ0n) is 20.3. The number of halogens is 1. The molecule has 1 unspecified atom stereocenters. The van der Waals surface area contributed by atoms with E-state index in [1.807, 2.05) is 7.05 Å². The highest BCUT2D eigenvalue weighted by atomic mass is 127. The van der Waals surface area contributed by atoms with Crippen LogP contribution in [-0.2, 0) is 17.8 Å². The van der Waals surface area contributed by atoms with E-state index in [-0.39, 0.29) is 24.0 Å². The first kappa shape index (κ1) is 25.3. The van der Waals surface area contributed by atoms with E-state index >= 15 is 0 Å². The Morgan fingerprint density at radius 2 is 1.68 bits per heavy atom. The van der Waals surface area contributed by atoms with Crippen molar-refractivity contribution in [2.45, 2.75) is 25.9 Å². The molecule has 0 radical (unpaired) electrons. The molecule has 0 saturated carbocycles. The molecule has 1 atom stereocenters. The molecule has 0 aromatic heterocycles. The average Bonchev–Trinajstić information content (AvgIpc) is 3.51. The van der Waals surface area contributed by atoms with Crippen LogP contribution in [0.4, 0.5) is 5.69 Å². The predicted octanol–water partition coefficient (Wildman–Crippen LogP) is 3.81. The molecule has 0 amide bonds. The molecule has 0 aliphatic carbocycles. The van der Waals surface area contributed by atoms with Gasteiger partial charge in [-0.2, -0.15) is 0 Å². The van der Waals surface area contributed by atoms with E-state index in [4.69, 9.17) is 4.74 Å². The molecule has 2 aromatic carbocycles. The number of ether oxygens (including phenoxy) is 1. The second-order valence-corrected chi connectivity index (χ2v) is 9.74. The van der Waals surface area contributed by atoms with Crippen molar-refractivity contribution in [2.24, 2.45) is 10.4 Å². The summed E-state index contributed by atoms with van der Waals surface area (Å²) < 4.78 is 5.70. The highest BCUT2D eigenvalue weighted by Gasteiger charge is 2.42. The summed E-state index contributed by atoms with van der Waals surface area (Å²) in [4.78, 5) is 12.1. The molecule has 184 valence electrons. The van der Waals surface area contributed by atoms with Crippen LogP contribution in [0.5, 0.6) is 0 Å². The molecule has 3 fully saturated rings. The maximum Gasteiger partial charge on any atom is 0.193 e. The molecule has 3 heterocycles. The van der Waals surface area contributed by atoms with Crippen LogP contribution in [0, 0.1) is 5.41 Å². The quantitative estimate of drug-likeness (QED) is 0.334. The van der Waals surface area contributed by atoms with Crippen LogP contribution >= 0.6 is 24.0 Å². The van der Waals surface area contributed by atoms with Gasteiger partial charge in [0.1, 0.15) is 0 Å². The van der Waals surface area contributed by atoms with E-state index in [1.54, 1.807) is 0 Å². The summed E-state index contributed by atoms with van der Waals surface area (Å²) >= 11 is 0. The van der Waals surface area contributed by atoms with Gasteiger partial charge in [0.05, 0.1) is 6.61 Å². The lowest BCUT2D eigenvalue weighted by molar-refractivity contribution is 0.156. The van der Waals surface area contributed by atoms with Crippen molar-refractivity contribution in [1.82, 2.24) is 15.1 Å². The highest BCUT2D eigenvalue weighted by molar-refractivity contribution is 14.0. The topological polar surface area (TPSA) is 43.3 Å². The largest absolute Gasteiger partial charge is 0.381 e. The third kappa shape index (κ3) is 5.86. The lowest BCUT2D eigenvalue weighted by Crippen LogP contribution is -2.46. The molecule has 1 spiro atoms. The van der Waals surface area contributed by atoms with Gasteiger partial charge in [-0.3, -0.25) is 9.89 Å². The van der Waals surface area contributed by atoms with Crippen molar-refractivity contribution in [3.8, 4) is 0 Å². The average molecular weight is 576 g/mol. The Balaban J connectivity index is 0.00000274. The second kappa shape index (κ2) is 11.7. The first-order valence-electron chi connectivity index (χ1n) is 12.4. The first-order valence-corrected chi connectivity index (χ1v) is 12.4. The maximum absolute atomic E-state index is 5.70. The molecule has 3 saturated heterocycles. The smallest absolute Gasteiger partial charge is 0.193 e. The SMILES string of the molecule is CN=C(NCc1ccccc1CN1CCN(c2ccccc2)CC1)N1CCC2(CCOC2)C1.I. The molecule has 2 aromatic rings. The van der Waals surface area contributed by atoms with Crippen LogP contribution in [0.3, 0.4) is 0 Å². The minimum Gasteiger partial charge on any atom is -0.381 e. The number of para-hydroxylation sites is 1. The van der Waals surface area contributed by atoms with Crippen molar-refractivity contribution >= 4 is 35.6 Å². The monoisotopic (exact) mass is 575 g/mol. The molecular formula is C27H38IN5O. The van der Waals surface area contributed by atoms with Crippen molar-refractivity contribution in [1.29, 1.82) is 0 Å². The van der Waals surface area contributed by atoms with Crippen LogP contribution in [0.25, 0.3) is 0 Å². The van der Waals surface area contributed by atoms with Gasteiger partial charge >= 0.3 is 0 Å². The summed E-state index contributed by atoms with van der Waals surface area (Å²) in [6, 6.07) is 19.6. The fourth-order valence-electron chi connectivity index (χ4n) is 5.52. The Morgan fingerprint density at radius 1 is 0.941 bits per heavy atom. The lowest BCUT2D eigenvalue weighted by atomic mass is 9.87. The van der Waals surface area contributed by atoms with E-state index in [2.05, 4.69) is 79.6 Å². The summed E-state index contributed by atoms with van der Waals surface area (Å²) in [6.07, 6.45) is 2.39. The Kier molecular flexibility index (Phi) is 8.71. The maximum atomic E-state index is 5.70. The van der Waals surface area contributed by atoms with Crippen molar-refractivity contribution < 1.29 is 4.74 Å². The van der Waals surface area contributed by atoms with Crippen molar-refractivity contribution in [3.05, 3.63) is 65.7 Å². The number of benzene rings is 2. The summed E-state index contributed by atoms with van der Waals surface area (Å²) in [6.45, 7) is 10.1. The van der Waals surface area contributed by atoms with E-state index in [0.717, 1.165) is 71.5 Å². The number of hydrogen-bond donors (Lipinski definition) is 1. The predicted molar refractivity (Wildman–Crippen MR) is 150 cm³/mol. The second-order valence-electron chi connectivity index (χ2n) is 9.74. The molecule has 0 bridgehead atoms. The Bertz CT molecular complexity index is 939. The number of nitrogens with one attached hydrogen (secondary N) is 1. The number of piperazine rings is 1. The van der Waals surface area contributed by atoms with Gasteiger partial charge in [0.25, 0.3) is 0 Å². The molecule has 3 aliphatic heterocycles. The molecule has 5 rings (SSSR count). The van der Waals surface area contributed by atoms with Gasteiger partial charge in [0.2, 0.25) is 0 Å². The van der Waals surface area contributed by atoms with Gasteiger partial charge in [-0.15, -0.1) is 24.0 Å². The van der Waals surface area contributed by atoms with Crippen LogP contribution in [0.15, 0.2) is 59.6 Å². The number of guanidine groups is 1. The van der Waals surface area contributed by atoms with E-state index in [1.165, 1.54) is 29.7 Å². The van der Waals surface area contributed by atoms with Crippen LogP contribution in [-0.4, -0.2) is 75.3 Å². The molecule has 3 aliphatic rings. The molecule has 1 N–H and O–H groups in total. The third-order valence-electron chi connectivity index (χ3n) is 7.58. The van der Waals surface area contributed by atoms with Crippen LogP contribution < -0.4 is 10.2 Å². The molecule has 6 nitrogen and oxygen atoms in total. The number of rotatable bonds is 5. The fraction of sp³-hybridized carbons (Fsp3) is 0.519. The zero-order chi connectivity index (χ0) is 22.5. The first-order chi connectivity index (χ1) is 16.2.